The van der Waals surface area contributed by atoms with Crippen LogP contribution in [0.1, 0.15) is 23.7 Å². The Labute approximate surface area is 124 Å². The summed E-state index contributed by atoms with van der Waals surface area (Å²) in [5.41, 5.74) is 0.0282. The Morgan fingerprint density at radius 3 is 2.67 bits per heavy atom. The number of nitrogens with zero attached hydrogens (tertiary/aromatic N) is 1. The molecule has 7 heteroatoms. The molecule has 1 saturated heterocycles. The van der Waals surface area contributed by atoms with Gasteiger partial charge in [0, 0.05) is 13.1 Å². The molecule has 2 rings (SSSR count). The van der Waals surface area contributed by atoms with E-state index in [9.17, 15) is 18.3 Å². The Bertz CT molecular complexity index is 626. The lowest BCUT2D eigenvalue weighted by atomic mass is 10.0. The molecule has 1 aliphatic heterocycles. The van der Waals surface area contributed by atoms with Gasteiger partial charge in [-0.25, -0.2) is 13.2 Å². The van der Waals surface area contributed by atoms with Gasteiger partial charge in [-0.1, -0.05) is 12.1 Å². The standard InChI is InChI=1S/C14H19NO5S/c1-10(16)11-7-8-15(9-11)21(18,19)13-6-4-3-5-12(13)14(17)20-2/h3-6,10-11,16H,7-9H2,1-2H3. The molecule has 1 N–H and O–H groups in total. The molecule has 2 unspecified atom stereocenters. The number of carbonyl (C=O) groups excluding carboxylic acids is 1. The predicted molar refractivity (Wildman–Crippen MR) is 76.3 cm³/mol. The quantitative estimate of drug-likeness (QED) is 0.834. The Hall–Kier alpha value is -1.44. The second-order valence-electron chi connectivity index (χ2n) is 5.14. The van der Waals surface area contributed by atoms with Crippen molar-refractivity contribution in [1.82, 2.24) is 4.31 Å². The van der Waals surface area contributed by atoms with Crippen LogP contribution in [0.4, 0.5) is 0 Å². The summed E-state index contributed by atoms with van der Waals surface area (Å²) >= 11 is 0. The average molecular weight is 313 g/mol. The number of esters is 1. The second kappa shape index (κ2) is 6.13. The monoisotopic (exact) mass is 313 g/mol. The van der Waals surface area contributed by atoms with Gasteiger partial charge < -0.3 is 9.84 Å². The zero-order chi connectivity index (χ0) is 15.6. The number of benzene rings is 1. The van der Waals surface area contributed by atoms with E-state index in [0.717, 1.165) is 0 Å². The largest absolute Gasteiger partial charge is 0.465 e. The van der Waals surface area contributed by atoms with Gasteiger partial charge in [0.1, 0.15) is 0 Å². The minimum atomic E-state index is -3.77. The van der Waals surface area contributed by atoms with Crippen molar-refractivity contribution in [3.63, 3.8) is 0 Å². The molecule has 0 bridgehead atoms. The molecule has 0 aliphatic carbocycles. The third-order valence-corrected chi connectivity index (χ3v) is 5.70. The number of aliphatic hydroxyl groups is 1. The normalized spacial score (nSPS) is 21.2. The van der Waals surface area contributed by atoms with Gasteiger partial charge in [-0.15, -0.1) is 0 Å². The van der Waals surface area contributed by atoms with E-state index in [4.69, 9.17) is 0 Å². The number of hydrogen-bond acceptors (Lipinski definition) is 5. The summed E-state index contributed by atoms with van der Waals surface area (Å²) in [7, 11) is -2.56. The van der Waals surface area contributed by atoms with Gasteiger partial charge in [0.15, 0.2) is 0 Å². The topological polar surface area (TPSA) is 83.9 Å². The van der Waals surface area contributed by atoms with Crippen LogP contribution in [0.25, 0.3) is 0 Å². The molecular weight excluding hydrogens is 294 g/mol. The molecule has 0 amide bonds. The Balaban J connectivity index is 2.35. The zero-order valence-corrected chi connectivity index (χ0v) is 12.8. The number of carbonyl (C=O) groups is 1. The van der Waals surface area contributed by atoms with Crippen LogP contribution in [-0.2, 0) is 14.8 Å². The number of sulfonamides is 1. The van der Waals surface area contributed by atoms with Gasteiger partial charge in [-0.3, -0.25) is 0 Å². The third-order valence-electron chi connectivity index (χ3n) is 3.78. The SMILES string of the molecule is COC(=O)c1ccccc1S(=O)(=O)N1CCC(C(C)O)C1. The van der Waals surface area contributed by atoms with Crippen LogP contribution in [0.2, 0.25) is 0 Å². The van der Waals surface area contributed by atoms with Gasteiger partial charge >= 0.3 is 5.97 Å². The molecule has 116 valence electrons. The number of methoxy groups -OCH3 is 1. The average Bonchev–Trinajstić information content (AvgIpc) is 2.97. The summed E-state index contributed by atoms with van der Waals surface area (Å²) in [6.45, 7) is 2.26. The first-order chi connectivity index (χ1) is 9.87. The van der Waals surface area contributed by atoms with Crippen molar-refractivity contribution in [3.8, 4) is 0 Å². The predicted octanol–water partition coefficient (Wildman–Crippen LogP) is 0.865. The first kappa shape index (κ1) is 15.9. The summed E-state index contributed by atoms with van der Waals surface area (Å²) in [4.78, 5) is 11.7. The van der Waals surface area contributed by atoms with Gasteiger partial charge in [0.05, 0.1) is 23.7 Å². The second-order valence-corrected chi connectivity index (χ2v) is 7.05. The maximum absolute atomic E-state index is 12.7. The first-order valence-corrected chi connectivity index (χ1v) is 8.17. The summed E-state index contributed by atoms with van der Waals surface area (Å²) in [5.74, 6) is -0.759. The van der Waals surface area contributed by atoms with Crippen molar-refractivity contribution in [1.29, 1.82) is 0 Å². The summed E-state index contributed by atoms with van der Waals surface area (Å²) in [5, 5.41) is 9.59. The van der Waals surface area contributed by atoms with E-state index in [-0.39, 0.29) is 22.9 Å². The highest BCUT2D eigenvalue weighted by Gasteiger charge is 2.36. The maximum atomic E-state index is 12.7. The minimum Gasteiger partial charge on any atom is -0.465 e. The molecule has 1 aromatic rings. The number of ether oxygens (including phenoxy) is 1. The number of hydrogen-bond donors (Lipinski definition) is 1. The molecule has 2 atom stereocenters. The fourth-order valence-corrected chi connectivity index (χ4v) is 4.17. The molecule has 1 aromatic carbocycles. The summed E-state index contributed by atoms with van der Waals surface area (Å²) in [6, 6.07) is 5.99. The molecule has 0 saturated carbocycles. The van der Waals surface area contributed by atoms with Gasteiger partial charge in [0.2, 0.25) is 10.0 Å². The zero-order valence-electron chi connectivity index (χ0n) is 12.0. The van der Waals surface area contributed by atoms with Gasteiger partial charge in [-0.05, 0) is 31.4 Å². The van der Waals surface area contributed by atoms with E-state index in [0.29, 0.717) is 13.0 Å². The van der Waals surface area contributed by atoms with Crippen LogP contribution in [0, 0.1) is 5.92 Å². The Kier molecular flexibility index (Phi) is 4.65. The molecule has 1 aliphatic rings. The molecular formula is C14H19NO5S. The van der Waals surface area contributed by atoms with Crippen LogP contribution < -0.4 is 0 Å². The molecule has 0 spiro atoms. The maximum Gasteiger partial charge on any atom is 0.339 e. The fourth-order valence-electron chi connectivity index (χ4n) is 2.48. The highest BCUT2D eigenvalue weighted by atomic mass is 32.2. The van der Waals surface area contributed by atoms with Crippen LogP contribution in [0.3, 0.4) is 0 Å². The van der Waals surface area contributed by atoms with Crippen LogP contribution in [0.5, 0.6) is 0 Å². The van der Waals surface area contributed by atoms with Gasteiger partial charge in [-0.2, -0.15) is 4.31 Å². The highest BCUT2D eigenvalue weighted by molar-refractivity contribution is 7.89. The van der Waals surface area contributed by atoms with Gasteiger partial charge in [0.25, 0.3) is 0 Å². The van der Waals surface area contributed by atoms with Crippen LogP contribution in [-0.4, -0.2) is 50.1 Å². The molecule has 1 heterocycles. The first-order valence-electron chi connectivity index (χ1n) is 6.73. The van der Waals surface area contributed by atoms with E-state index in [1.807, 2.05) is 0 Å². The molecule has 0 radical (unpaired) electrons. The van der Waals surface area contributed by atoms with Crippen molar-refractivity contribution in [2.75, 3.05) is 20.2 Å². The van der Waals surface area contributed by atoms with E-state index in [1.54, 1.807) is 19.1 Å². The van der Waals surface area contributed by atoms with Crippen molar-refractivity contribution < 1.29 is 23.1 Å². The lowest BCUT2D eigenvalue weighted by Crippen LogP contribution is -2.31. The Morgan fingerprint density at radius 1 is 1.43 bits per heavy atom. The molecule has 21 heavy (non-hydrogen) atoms. The fraction of sp³-hybridized carbons (Fsp3) is 0.500. The Morgan fingerprint density at radius 2 is 2.10 bits per heavy atom. The van der Waals surface area contributed by atoms with E-state index in [2.05, 4.69) is 4.74 Å². The third kappa shape index (κ3) is 3.09. The number of rotatable bonds is 4. The molecule has 1 fully saturated rings. The highest BCUT2D eigenvalue weighted by Crippen LogP contribution is 2.28. The minimum absolute atomic E-state index is 0.0282. The van der Waals surface area contributed by atoms with Crippen molar-refractivity contribution in [2.24, 2.45) is 5.92 Å². The molecule has 0 aromatic heterocycles. The number of aliphatic hydroxyl groups excluding tert-OH is 1. The van der Waals surface area contributed by atoms with Crippen LogP contribution in [0.15, 0.2) is 29.2 Å². The van der Waals surface area contributed by atoms with Crippen molar-refractivity contribution in [3.05, 3.63) is 29.8 Å². The van der Waals surface area contributed by atoms with E-state index in [1.165, 1.54) is 23.5 Å². The smallest absolute Gasteiger partial charge is 0.339 e. The van der Waals surface area contributed by atoms with E-state index < -0.39 is 22.1 Å². The lowest BCUT2D eigenvalue weighted by Gasteiger charge is -2.19. The lowest BCUT2D eigenvalue weighted by molar-refractivity contribution is 0.0596. The van der Waals surface area contributed by atoms with Crippen molar-refractivity contribution in [2.45, 2.75) is 24.3 Å². The summed E-state index contributed by atoms with van der Waals surface area (Å²) < 4.78 is 31.3. The van der Waals surface area contributed by atoms with E-state index >= 15 is 0 Å². The van der Waals surface area contributed by atoms with Crippen LogP contribution >= 0.6 is 0 Å². The molecule has 6 nitrogen and oxygen atoms in total. The summed E-state index contributed by atoms with van der Waals surface area (Å²) in [6.07, 6.45) is 0.0538. The van der Waals surface area contributed by atoms with Crippen molar-refractivity contribution >= 4 is 16.0 Å².